The fourth-order valence-corrected chi connectivity index (χ4v) is 2.03. The van der Waals surface area contributed by atoms with Gasteiger partial charge in [0.2, 0.25) is 0 Å². The van der Waals surface area contributed by atoms with Crippen LogP contribution < -0.4 is 5.32 Å². The average molecular weight is 261 g/mol. The molecule has 1 rings (SSSR count). The second-order valence-electron chi connectivity index (χ2n) is 5.00. The van der Waals surface area contributed by atoms with Crippen LogP contribution in [0.1, 0.15) is 43.7 Å². The maximum absolute atomic E-state index is 9.07. The van der Waals surface area contributed by atoms with E-state index >= 15 is 0 Å². The summed E-state index contributed by atoms with van der Waals surface area (Å²) in [6, 6.07) is 8.94. The van der Waals surface area contributed by atoms with E-state index in [2.05, 4.69) is 48.7 Å². The van der Waals surface area contributed by atoms with E-state index in [0.717, 1.165) is 6.42 Å². The van der Waals surface area contributed by atoms with Crippen LogP contribution in [0.15, 0.2) is 30.3 Å². The first-order valence-corrected chi connectivity index (χ1v) is 7.33. The average Bonchev–Trinajstić information content (AvgIpc) is 2.45. The minimum Gasteiger partial charge on any atom is -0.395 e. The Kier molecular flexibility index (Phi) is 8.19. The molecule has 2 nitrogen and oxygen atoms in total. The molecule has 106 valence electrons. The van der Waals surface area contributed by atoms with Crippen molar-refractivity contribution in [1.82, 2.24) is 5.32 Å². The second-order valence-corrected chi connectivity index (χ2v) is 5.00. The molecule has 0 heterocycles. The van der Waals surface area contributed by atoms with E-state index in [0.29, 0.717) is 0 Å². The number of hydrogen-bond donors (Lipinski definition) is 2. The number of likely N-dealkylation sites (N-methyl/N-ethyl adjacent to an activating group) is 1. The molecule has 19 heavy (non-hydrogen) atoms. The van der Waals surface area contributed by atoms with Gasteiger partial charge in [-0.1, -0.05) is 56.2 Å². The number of aliphatic hydroxyl groups is 1. The molecule has 0 radical (unpaired) electrons. The lowest BCUT2D eigenvalue weighted by Crippen LogP contribution is -2.27. The molecule has 0 aliphatic rings. The van der Waals surface area contributed by atoms with Crippen molar-refractivity contribution in [3.63, 3.8) is 0 Å². The quantitative estimate of drug-likeness (QED) is 0.668. The van der Waals surface area contributed by atoms with Gasteiger partial charge in [-0.05, 0) is 37.4 Å². The van der Waals surface area contributed by atoms with Crippen LogP contribution in [0.3, 0.4) is 0 Å². The fourth-order valence-electron chi connectivity index (χ4n) is 2.03. The van der Waals surface area contributed by atoms with Crippen LogP contribution in [-0.2, 0) is 6.42 Å². The number of aliphatic hydroxyl groups excluding tert-OH is 1. The fraction of sp³-hybridized carbons (Fsp3) is 0.529. The lowest BCUT2D eigenvalue weighted by atomic mass is 10.0. The summed E-state index contributed by atoms with van der Waals surface area (Å²) in [5, 5.41) is 12.1. The molecule has 1 atom stereocenters. The third kappa shape index (κ3) is 6.55. The van der Waals surface area contributed by atoms with Gasteiger partial charge in [0.05, 0.1) is 6.61 Å². The molecule has 2 N–H and O–H groups in total. The lowest BCUT2D eigenvalue weighted by molar-refractivity contribution is 0.250. The number of benzene rings is 1. The summed E-state index contributed by atoms with van der Waals surface area (Å²) in [6.07, 6.45) is 10.1. The zero-order valence-electron chi connectivity index (χ0n) is 12.2. The third-order valence-corrected chi connectivity index (χ3v) is 3.41. The summed E-state index contributed by atoms with van der Waals surface area (Å²) in [6.45, 7) is 2.41. The number of nitrogens with one attached hydrogen (secondary N) is 1. The summed E-state index contributed by atoms with van der Waals surface area (Å²) in [5.41, 5.74) is 2.65. The number of aryl methyl sites for hydroxylation is 1. The molecule has 1 aromatic rings. The maximum atomic E-state index is 9.07. The number of rotatable bonds is 9. The molecule has 0 saturated heterocycles. The van der Waals surface area contributed by atoms with Gasteiger partial charge in [0.15, 0.2) is 0 Å². The maximum Gasteiger partial charge on any atom is 0.0587 e. The Morgan fingerprint density at radius 2 is 1.95 bits per heavy atom. The van der Waals surface area contributed by atoms with Crippen LogP contribution in [0.5, 0.6) is 0 Å². The van der Waals surface area contributed by atoms with E-state index in [1.165, 1.54) is 36.8 Å². The first kappa shape index (κ1) is 15.9. The van der Waals surface area contributed by atoms with Crippen molar-refractivity contribution in [2.75, 3.05) is 13.7 Å². The lowest BCUT2D eigenvalue weighted by Gasteiger charge is -2.09. The summed E-state index contributed by atoms with van der Waals surface area (Å²) < 4.78 is 0. The van der Waals surface area contributed by atoms with Crippen LogP contribution >= 0.6 is 0 Å². The van der Waals surface area contributed by atoms with Crippen LogP contribution in [0.4, 0.5) is 0 Å². The normalized spacial score (nSPS) is 13.0. The Bertz CT molecular complexity index is 352. The van der Waals surface area contributed by atoms with Crippen LogP contribution in [0, 0.1) is 0 Å². The van der Waals surface area contributed by atoms with Gasteiger partial charge in [-0.25, -0.2) is 0 Å². The molecule has 2 heteroatoms. The van der Waals surface area contributed by atoms with Crippen LogP contribution in [0.2, 0.25) is 0 Å². The van der Waals surface area contributed by atoms with E-state index in [1.54, 1.807) is 0 Å². The molecule has 0 saturated carbocycles. The van der Waals surface area contributed by atoms with E-state index in [1.807, 2.05) is 7.05 Å². The Hall–Kier alpha value is -1.12. The van der Waals surface area contributed by atoms with Crippen molar-refractivity contribution >= 4 is 6.08 Å². The van der Waals surface area contributed by atoms with E-state index in [-0.39, 0.29) is 12.6 Å². The first-order chi connectivity index (χ1) is 9.30. The Balaban J connectivity index is 2.41. The van der Waals surface area contributed by atoms with Gasteiger partial charge < -0.3 is 10.4 Å². The van der Waals surface area contributed by atoms with Crippen molar-refractivity contribution in [3.8, 4) is 0 Å². The van der Waals surface area contributed by atoms with Crippen molar-refractivity contribution in [3.05, 3.63) is 41.5 Å². The highest BCUT2D eigenvalue weighted by Gasteiger charge is 1.99. The largest absolute Gasteiger partial charge is 0.395 e. The van der Waals surface area contributed by atoms with Gasteiger partial charge in [0.25, 0.3) is 0 Å². The van der Waals surface area contributed by atoms with E-state index in [9.17, 15) is 0 Å². The van der Waals surface area contributed by atoms with Crippen molar-refractivity contribution in [2.24, 2.45) is 0 Å². The molecule has 0 spiro atoms. The zero-order chi connectivity index (χ0) is 13.9. The van der Waals surface area contributed by atoms with Gasteiger partial charge in [-0.15, -0.1) is 0 Å². The topological polar surface area (TPSA) is 32.3 Å². The van der Waals surface area contributed by atoms with Crippen molar-refractivity contribution in [2.45, 2.75) is 45.1 Å². The molecule has 0 bridgehead atoms. The van der Waals surface area contributed by atoms with E-state index in [4.69, 9.17) is 5.11 Å². The summed E-state index contributed by atoms with van der Waals surface area (Å²) >= 11 is 0. The molecule has 0 aliphatic heterocycles. The van der Waals surface area contributed by atoms with E-state index < -0.39 is 0 Å². The minimum atomic E-state index is 0.157. The molecule has 1 aromatic carbocycles. The van der Waals surface area contributed by atoms with Gasteiger partial charge in [0, 0.05) is 6.04 Å². The van der Waals surface area contributed by atoms with Crippen LogP contribution in [0.25, 0.3) is 6.08 Å². The molecule has 0 amide bonds. The second kappa shape index (κ2) is 9.76. The standard InChI is InChI=1S/C17H27NO/c1-3-4-5-7-15-10-12-16(13-11-15)8-6-9-17(14-19)18-2/h6,8,10-13,17-19H,3-5,7,9,14H2,1-2H3. The Morgan fingerprint density at radius 3 is 2.53 bits per heavy atom. The first-order valence-electron chi connectivity index (χ1n) is 7.33. The minimum absolute atomic E-state index is 0.157. The summed E-state index contributed by atoms with van der Waals surface area (Å²) in [7, 11) is 1.87. The highest BCUT2D eigenvalue weighted by atomic mass is 16.3. The molecule has 0 aliphatic carbocycles. The molecule has 0 aromatic heterocycles. The SMILES string of the molecule is CCCCCc1ccc(C=CCC(CO)NC)cc1. The highest BCUT2D eigenvalue weighted by molar-refractivity contribution is 5.49. The molecular weight excluding hydrogens is 234 g/mol. The van der Waals surface area contributed by atoms with Gasteiger partial charge in [-0.3, -0.25) is 0 Å². The van der Waals surface area contributed by atoms with Crippen LogP contribution in [-0.4, -0.2) is 24.8 Å². The number of unbranched alkanes of at least 4 members (excludes halogenated alkanes) is 2. The Morgan fingerprint density at radius 1 is 1.21 bits per heavy atom. The van der Waals surface area contributed by atoms with Crippen molar-refractivity contribution < 1.29 is 5.11 Å². The molecule has 0 fully saturated rings. The van der Waals surface area contributed by atoms with Gasteiger partial charge >= 0.3 is 0 Å². The third-order valence-electron chi connectivity index (χ3n) is 3.41. The molecular formula is C17H27NO. The van der Waals surface area contributed by atoms with Crippen molar-refractivity contribution in [1.29, 1.82) is 0 Å². The van der Waals surface area contributed by atoms with Gasteiger partial charge in [-0.2, -0.15) is 0 Å². The number of hydrogen-bond acceptors (Lipinski definition) is 2. The monoisotopic (exact) mass is 261 g/mol. The highest BCUT2D eigenvalue weighted by Crippen LogP contribution is 2.10. The smallest absolute Gasteiger partial charge is 0.0587 e. The Labute approximate surface area is 117 Å². The zero-order valence-corrected chi connectivity index (χ0v) is 12.2. The predicted octanol–water partition coefficient (Wildman–Crippen LogP) is 3.40. The predicted molar refractivity (Wildman–Crippen MR) is 83.3 cm³/mol. The molecule has 1 unspecified atom stereocenters. The summed E-state index contributed by atoms with van der Waals surface area (Å²) in [4.78, 5) is 0. The van der Waals surface area contributed by atoms with Gasteiger partial charge in [0.1, 0.15) is 0 Å². The summed E-state index contributed by atoms with van der Waals surface area (Å²) in [5.74, 6) is 0.